The number of hydrogen-bond acceptors (Lipinski definition) is 3. The van der Waals surface area contributed by atoms with Crippen LogP contribution in [0.15, 0.2) is 0 Å². The van der Waals surface area contributed by atoms with Crippen molar-refractivity contribution in [1.29, 1.82) is 0 Å². The molecule has 0 aromatic rings. The van der Waals surface area contributed by atoms with Crippen LogP contribution in [0.5, 0.6) is 0 Å². The monoisotopic (exact) mass is 227 g/mol. The second kappa shape index (κ2) is 5.58. The fourth-order valence-electron chi connectivity index (χ4n) is 0.0781. The van der Waals surface area contributed by atoms with E-state index in [4.69, 9.17) is 10.8 Å². The second-order valence-corrected chi connectivity index (χ2v) is 1.49. The predicted octanol–water partition coefficient (Wildman–Crippen LogP) is -0.674. The first-order valence-corrected chi connectivity index (χ1v) is 2.41. The van der Waals surface area contributed by atoms with Crippen LogP contribution in [0.25, 0.3) is 0 Å². The molecule has 0 saturated heterocycles. The van der Waals surface area contributed by atoms with Crippen molar-refractivity contribution in [2.24, 2.45) is 5.73 Å². The van der Waals surface area contributed by atoms with Crippen LogP contribution >= 0.6 is 12.6 Å². The van der Waals surface area contributed by atoms with Crippen molar-refractivity contribution in [3.05, 3.63) is 0 Å². The molecule has 0 bridgehead atoms. The molecule has 0 heterocycles. The van der Waals surface area contributed by atoms with Gasteiger partial charge < -0.3 is 10.8 Å². The summed E-state index contributed by atoms with van der Waals surface area (Å²) in [5.41, 5.74) is 4.94. The fourth-order valence-corrected chi connectivity index (χ4v) is 0.234. The minimum Gasteiger partial charge on any atom is -0.480 e. The fraction of sp³-hybridized carbons (Fsp3) is 0.667. The smallest absolute Gasteiger partial charge is 0.321 e. The molecule has 0 rings (SSSR count). The molecule has 1 atom stereocenters. The molecule has 0 aromatic carbocycles. The zero-order valence-electron chi connectivity index (χ0n) is 3.98. The number of thiol groups is 1. The van der Waals surface area contributed by atoms with E-state index in [2.05, 4.69) is 12.6 Å². The summed E-state index contributed by atoms with van der Waals surface area (Å²) >= 11 is 3.65. The van der Waals surface area contributed by atoms with Gasteiger partial charge in [-0.1, -0.05) is 0 Å². The van der Waals surface area contributed by atoms with Gasteiger partial charge in [0, 0.05) is 26.2 Å². The van der Waals surface area contributed by atoms with Gasteiger partial charge in [-0.15, -0.1) is 0 Å². The molecule has 0 fully saturated rings. The number of carboxylic acids is 1. The number of aliphatic carboxylic acids is 1. The van der Waals surface area contributed by atoms with Gasteiger partial charge in [0.1, 0.15) is 6.04 Å². The van der Waals surface area contributed by atoms with Gasteiger partial charge in [0.2, 0.25) is 0 Å². The summed E-state index contributed by atoms with van der Waals surface area (Å²) in [7, 11) is 0. The van der Waals surface area contributed by atoms with Gasteiger partial charge >= 0.3 is 5.97 Å². The standard InChI is InChI=1S/C3H7NO2S.Pd/c4-2(1-7)3(5)6;/h2,7H,1,4H2,(H,5,6);. The molecule has 0 amide bonds. The molecule has 0 aliphatic heterocycles. The van der Waals surface area contributed by atoms with E-state index in [0.717, 1.165) is 0 Å². The minimum atomic E-state index is -1.00. The largest absolute Gasteiger partial charge is 0.480 e. The Hall–Kier alpha value is 0.442. The number of carboxylic acid groups (broad SMARTS) is 1. The van der Waals surface area contributed by atoms with Gasteiger partial charge in [-0.2, -0.15) is 12.6 Å². The topological polar surface area (TPSA) is 63.3 Å². The molecule has 3 N–H and O–H groups in total. The Morgan fingerprint density at radius 1 is 1.88 bits per heavy atom. The first kappa shape index (κ1) is 11.3. The average Bonchev–Trinajstić information content (AvgIpc) is 1.65. The molecular weight excluding hydrogens is 221 g/mol. The van der Waals surface area contributed by atoms with Gasteiger partial charge in [-0.25, -0.2) is 0 Å². The summed E-state index contributed by atoms with van der Waals surface area (Å²) in [6, 6.07) is -0.816. The van der Waals surface area contributed by atoms with Gasteiger partial charge in [0.15, 0.2) is 0 Å². The van der Waals surface area contributed by atoms with Crippen LogP contribution in [-0.4, -0.2) is 22.9 Å². The number of rotatable bonds is 2. The van der Waals surface area contributed by atoms with Crippen molar-refractivity contribution < 1.29 is 30.3 Å². The van der Waals surface area contributed by atoms with Crippen molar-refractivity contribution in [3.63, 3.8) is 0 Å². The zero-order chi connectivity index (χ0) is 5.86. The number of nitrogens with two attached hydrogens (primary N) is 1. The summed E-state index contributed by atoms with van der Waals surface area (Å²) in [5, 5.41) is 8.01. The van der Waals surface area contributed by atoms with Crippen LogP contribution in [0.3, 0.4) is 0 Å². The molecule has 0 saturated carbocycles. The van der Waals surface area contributed by atoms with Crippen LogP contribution in [0, 0.1) is 0 Å². The quantitative estimate of drug-likeness (QED) is 0.433. The van der Waals surface area contributed by atoms with E-state index in [1.54, 1.807) is 0 Å². The molecule has 0 aromatic heterocycles. The maximum Gasteiger partial charge on any atom is 0.321 e. The first-order valence-electron chi connectivity index (χ1n) is 1.77. The van der Waals surface area contributed by atoms with Gasteiger partial charge in [0.25, 0.3) is 0 Å². The molecule has 8 heavy (non-hydrogen) atoms. The minimum absolute atomic E-state index is 0. The molecule has 0 aliphatic rings. The molecular formula is C3H7NO2PdS. The van der Waals surface area contributed by atoms with Crippen LogP contribution in [0.2, 0.25) is 0 Å². The summed E-state index contributed by atoms with van der Waals surface area (Å²) < 4.78 is 0. The van der Waals surface area contributed by atoms with Gasteiger partial charge in [-0.3, -0.25) is 4.79 Å². The Bertz CT molecular complexity index is 79.7. The zero-order valence-corrected chi connectivity index (χ0v) is 6.43. The molecule has 0 radical (unpaired) electrons. The Labute approximate surface area is 66.7 Å². The maximum absolute atomic E-state index is 9.76. The third kappa shape index (κ3) is 4.60. The molecule has 1 unspecified atom stereocenters. The van der Waals surface area contributed by atoms with Crippen LogP contribution in [0.4, 0.5) is 0 Å². The van der Waals surface area contributed by atoms with E-state index in [1.807, 2.05) is 0 Å². The Morgan fingerprint density at radius 3 is 2.25 bits per heavy atom. The molecule has 5 heteroatoms. The molecule has 52 valence electrons. The summed E-state index contributed by atoms with van der Waals surface area (Å²) in [6.07, 6.45) is 0. The van der Waals surface area contributed by atoms with Crippen molar-refractivity contribution in [2.75, 3.05) is 5.75 Å². The second-order valence-electron chi connectivity index (χ2n) is 1.13. The van der Waals surface area contributed by atoms with Crippen LogP contribution in [0.1, 0.15) is 0 Å². The van der Waals surface area contributed by atoms with E-state index >= 15 is 0 Å². The Balaban J connectivity index is 0. The number of carbonyl (C=O) groups is 1. The van der Waals surface area contributed by atoms with E-state index < -0.39 is 12.0 Å². The number of hydrogen-bond donors (Lipinski definition) is 3. The van der Waals surface area contributed by atoms with E-state index in [-0.39, 0.29) is 26.2 Å². The predicted molar refractivity (Wildman–Crippen MR) is 29.5 cm³/mol. The van der Waals surface area contributed by atoms with Gasteiger partial charge in [-0.05, 0) is 0 Å². The van der Waals surface area contributed by atoms with Crippen LogP contribution < -0.4 is 5.73 Å². The summed E-state index contributed by atoms with van der Waals surface area (Å²) in [5.74, 6) is -0.815. The van der Waals surface area contributed by atoms with Crippen molar-refractivity contribution in [3.8, 4) is 0 Å². The summed E-state index contributed by atoms with van der Waals surface area (Å²) in [6.45, 7) is 0. The van der Waals surface area contributed by atoms with Crippen molar-refractivity contribution in [2.45, 2.75) is 6.04 Å². The van der Waals surface area contributed by atoms with Crippen LogP contribution in [-0.2, 0) is 25.2 Å². The molecule has 0 aliphatic carbocycles. The van der Waals surface area contributed by atoms with Crippen molar-refractivity contribution >= 4 is 18.6 Å². The first-order chi connectivity index (χ1) is 3.18. The molecule has 3 nitrogen and oxygen atoms in total. The van der Waals surface area contributed by atoms with E-state index in [9.17, 15) is 4.79 Å². The third-order valence-corrected chi connectivity index (χ3v) is 0.907. The normalized spacial score (nSPS) is 11.8. The van der Waals surface area contributed by atoms with Crippen molar-refractivity contribution in [1.82, 2.24) is 0 Å². The van der Waals surface area contributed by atoms with E-state index in [1.165, 1.54) is 0 Å². The maximum atomic E-state index is 9.76. The molecule has 0 spiro atoms. The van der Waals surface area contributed by atoms with Gasteiger partial charge in [0.05, 0.1) is 0 Å². The SMILES string of the molecule is NC(CS)C(=O)O.[Pd]. The van der Waals surface area contributed by atoms with E-state index in [0.29, 0.717) is 0 Å². The average molecular weight is 228 g/mol. The Kier molecular flexibility index (Phi) is 7.85. The third-order valence-electron chi connectivity index (χ3n) is 0.514. The summed E-state index contributed by atoms with van der Waals surface area (Å²) in [4.78, 5) is 9.76. The Morgan fingerprint density at radius 2 is 2.25 bits per heavy atom.